The number of carbonyl (C=O) groups excluding carboxylic acids is 1. The summed E-state index contributed by atoms with van der Waals surface area (Å²) < 4.78 is 52.3. The Kier molecular flexibility index (Phi) is 4.96. The third kappa shape index (κ3) is 3.42. The van der Waals surface area contributed by atoms with Gasteiger partial charge in [-0.15, -0.1) is 0 Å². The van der Waals surface area contributed by atoms with Crippen molar-refractivity contribution in [1.29, 1.82) is 0 Å². The molecule has 128 valence electrons. The molecule has 0 aliphatic rings. The fraction of sp³-hybridized carbons (Fsp3) is 0.250. The van der Waals surface area contributed by atoms with Crippen LogP contribution in [0.3, 0.4) is 0 Å². The number of nitrogens with two attached hydrogens (primary N) is 1. The zero-order valence-electron chi connectivity index (χ0n) is 13.2. The molecule has 0 bridgehead atoms. The molecule has 0 atom stereocenters. The highest BCUT2D eigenvalue weighted by Crippen LogP contribution is 2.32. The number of anilines is 1. The first-order valence-electron chi connectivity index (χ1n) is 6.95. The van der Waals surface area contributed by atoms with E-state index in [9.17, 15) is 18.0 Å². The van der Waals surface area contributed by atoms with Gasteiger partial charge in [0.05, 0.1) is 24.5 Å². The van der Waals surface area contributed by atoms with Gasteiger partial charge >= 0.3 is 5.97 Å². The second-order valence-corrected chi connectivity index (χ2v) is 5.18. The molecular weight excluding hydrogens is 325 g/mol. The van der Waals surface area contributed by atoms with Gasteiger partial charge in [-0.2, -0.15) is 0 Å². The number of esters is 1. The SMILES string of the molecule is COC(=O)c1nc(-c2c(F)cc(OC(C)C)cc2F)c(F)cc1N. The molecule has 0 unspecified atom stereocenters. The van der Waals surface area contributed by atoms with E-state index in [0.29, 0.717) is 0 Å². The minimum absolute atomic E-state index is 0.0483. The summed E-state index contributed by atoms with van der Waals surface area (Å²) in [4.78, 5) is 15.2. The van der Waals surface area contributed by atoms with E-state index in [1.807, 2.05) is 0 Å². The van der Waals surface area contributed by atoms with Gasteiger partial charge < -0.3 is 15.2 Å². The first kappa shape index (κ1) is 17.6. The van der Waals surface area contributed by atoms with E-state index in [1.54, 1.807) is 13.8 Å². The largest absolute Gasteiger partial charge is 0.491 e. The highest BCUT2D eigenvalue weighted by atomic mass is 19.1. The molecule has 0 aliphatic heterocycles. The average molecular weight is 340 g/mol. The summed E-state index contributed by atoms with van der Waals surface area (Å²) >= 11 is 0. The molecule has 8 heteroatoms. The van der Waals surface area contributed by atoms with Crippen LogP contribution in [0.4, 0.5) is 18.9 Å². The molecule has 1 aromatic heterocycles. The molecule has 0 fully saturated rings. The van der Waals surface area contributed by atoms with Crippen LogP contribution in [-0.2, 0) is 4.74 Å². The molecular formula is C16H15F3N2O3. The van der Waals surface area contributed by atoms with Gasteiger partial charge in [-0.1, -0.05) is 0 Å². The molecule has 1 heterocycles. The average Bonchev–Trinajstić information content (AvgIpc) is 2.47. The summed E-state index contributed by atoms with van der Waals surface area (Å²) in [7, 11) is 1.08. The number of rotatable bonds is 4. The van der Waals surface area contributed by atoms with E-state index < -0.39 is 40.4 Å². The van der Waals surface area contributed by atoms with Crippen molar-refractivity contribution in [3.63, 3.8) is 0 Å². The summed E-state index contributed by atoms with van der Waals surface area (Å²) in [5.41, 5.74) is 3.34. The molecule has 0 aliphatic carbocycles. The molecule has 0 saturated heterocycles. The number of nitrogen functional groups attached to an aromatic ring is 1. The highest BCUT2D eigenvalue weighted by molar-refractivity contribution is 5.93. The lowest BCUT2D eigenvalue weighted by atomic mass is 10.1. The standard InChI is InChI=1S/C16H15F3N2O3/c1-7(2)24-8-4-9(17)13(10(18)5-8)14-11(19)6-12(20)15(21-14)16(22)23-3/h4-7H,20H2,1-3H3. The Morgan fingerprint density at radius 2 is 1.71 bits per heavy atom. The number of methoxy groups -OCH3 is 1. The third-order valence-corrected chi connectivity index (χ3v) is 3.01. The summed E-state index contributed by atoms with van der Waals surface area (Å²) in [5, 5.41) is 0. The third-order valence-electron chi connectivity index (χ3n) is 3.01. The van der Waals surface area contributed by atoms with E-state index >= 15 is 0 Å². The van der Waals surface area contributed by atoms with Crippen LogP contribution < -0.4 is 10.5 Å². The molecule has 0 radical (unpaired) electrons. The van der Waals surface area contributed by atoms with Crippen LogP contribution in [0.2, 0.25) is 0 Å². The molecule has 2 rings (SSSR count). The van der Waals surface area contributed by atoms with Crippen molar-refractivity contribution in [3.05, 3.63) is 41.3 Å². The smallest absolute Gasteiger partial charge is 0.358 e. The Labute approximate surface area is 136 Å². The van der Waals surface area contributed by atoms with Crippen molar-refractivity contribution in [2.24, 2.45) is 0 Å². The molecule has 2 N–H and O–H groups in total. The van der Waals surface area contributed by atoms with Gasteiger partial charge in [0.25, 0.3) is 0 Å². The van der Waals surface area contributed by atoms with Crippen LogP contribution in [0, 0.1) is 17.5 Å². The Morgan fingerprint density at radius 1 is 1.12 bits per heavy atom. The van der Waals surface area contributed by atoms with Gasteiger partial charge in [-0.05, 0) is 13.8 Å². The molecule has 0 saturated carbocycles. The summed E-state index contributed by atoms with van der Waals surface area (Å²) in [6.07, 6.45) is -0.299. The zero-order valence-corrected chi connectivity index (χ0v) is 13.2. The van der Waals surface area contributed by atoms with Crippen molar-refractivity contribution >= 4 is 11.7 Å². The molecule has 0 spiro atoms. The Bertz CT molecular complexity index is 771. The van der Waals surface area contributed by atoms with Crippen LogP contribution in [0.5, 0.6) is 5.75 Å². The van der Waals surface area contributed by atoms with Gasteiger partial charge in [-0.25, -0.2) is 22.9 Å². The Balaban J connectivity index is 2.62. The van der Waals surface area contributed by atoms with Crippen molar-refractivity contribution in [2.75, 3.05) is 12.8 Å². The van der Waals surface area contributed by atoms with E-state index in [1.165, 1.54) is 0 Å². The lowest BCUT2D eigenvalue weighted by molar-refractivity contribution is 0.0595. The number of hydrogen-bond acceptors (Lipinski definition) is 5. The predicted molar refractivity (Wildman–Crippen MR) is 81.1 cm³/mol. The molecule has 1 aromatic carbocycles. The van der Waals surface area contributed by atoms with Crippen LogP contribution in [0.1, 0.15) is 24.3 Å². The van der Waals surface area contributed by atoms with Gasteiger partial charge in [-0.3, -0.25) is 0 Å². The number of aromatic nitrogens is 1. The van der Waals surface area contributed by atoms with E-state index in [2.05, 4.69) is 9.72 Å². The summed E-state index contributed by atoms with van der Waals surface area (Å²) in [6.45, 7) is 3.38. The highest BCUT2D eigenvalue weighted by Gasteiger charge is 2.23. The second-order valence-electron chi connectivity index (χ2n) is 5.18. The Morgan fingerprint density at radius 3 is 2.21 bits per heavy atom. The minimum atomic E-state index is -1.09. The van der Waals surface area contributed by atoms with E-state index in [4.69, 9.17) is 10.5 Å². The lowest BCUT2D eigenvalue weighted by Gasteiger charge is -2.13. The lowest BCUT2D eigenvalue weighted by Crippen LogP contribution is -2.11. The van der Waals surface area contributed by atoms with Crippen LogP contribution in [-0.4, -0.2) is 24.2 Å². The molecule has 2 aromatic rings. The maximum atomic E-state index is 14.3. The maximum Gasteiger partial charge on any atom is 0.358 e. The van der Waals surface area contributed by atoms with Crippen molar-refractivity contribution < 1.29 is 27.4 Å². The fourth-order valence-electron chi connectivity index (χ4n) is 2.05. The number of pyridine rings is 1. The number of hydrogen-bond donors (Lipinski definition) is 1. The zero-order chi connectivity index (χ0) is 18.0. The van der Waals surface area contributed by atoms with Crippen molar-refractivity contribution in [1.82, 2.24) is 4.98 Å². The maximum absolute atomic E-state index is 14.3. The quantitative estimate of drug-likeness (QED) is 0.864. The Hall–Kier alpha value is -2.77. The van der Waals surface area contributed by atoms with E-state index in [0.717, 1.165) is 25.3 Å². The number of ether oxygens (including phenoxy) is 2. The number of benzene rings is 1. The molecule has 5 nitrogen and oxygen atoms in total. The van der Waals surface area contributed by atoms with E-state index in [-0.39, 0.29) is 17.5 Å². The van der Waals surface area contributed by atoms with Gasteiger partial charge in [0.2, 0.25) is 0 Å². The summed E-state index contributed by atoms with van der Waals surface area (Å²) in [6, 6.07) is 2.58. The minimum Gasteiger partial charge on any atom is -0.491 e. The number of halogens is 3. The van der Waals surface area contributed by atoms with Gasteiger partial charge in [0.1, 0.15) is 23.1 Å². The van der Waals surface area contributed by atoms with Crippen LogP contribution >= 0.6 is 0 Å². The number of nitrogens with zero attached hydrogens (tertiary/aromatic N) is 1. The first-order valence-corrected chi connectivity index (χ1v) is 6.95. The van der Waals surface area contributed by atoms with Crippen LogP contribution in [0.15, 0.2) is 18.2 Å². The van der Waals surface area contributed by atoms with Crippen LogP contribution in [0.25, 0.3) is 11.3 Å². The predicted octanol–water partition coefficient (Wildman–Crippen LogP) is 3.32. The normalized spacial score (nSPS) is 10.8. The van der Waals surface area contributed by atoms with Gasteiger partial charge in [0, 0.05) is 18.2 Å². The molecule has 24 heavy (non-hydrogen) atoms. The monoisotopic (exact) mass is 340 g/mol. The topological polar surface area (TPSA) is 74.4 Å². The molecule has 0 amide bonds. The van der Waals surface area contributed by atoms with Crippen molar-refractivity contribution in [2.45, 2.75) is 20.0 Å². The van der Waals surface area contributed by atoms with Crippen molar-refractivity contribution in [3.8, 4) is 17.0 Å². The van der Waals surface area contributed by atoms with Gasteiger partial charge in [0.15, 0.2) is 11.5 Å². The second kappa shape index (κ2) is 6.77. The first-order chi connectivity index (χ1) is 11.2. The number of carbonyl (C=O) groups is 1. The summed E-state index contributed by atoms with van der Waals surface area (Å²) in [5.74, 6) is -4.24. The fourth-order valence-corrected chi connectivity index (χ4v) is 2.05.